The van der Waals surface area contributed by atoms with E-state index in [2.05, 4.69) is 11.8 Å². The smallest absolute Gasteiger partial charge is 0.136 e. The van der Waals surface area contributed by atoms with E-state index in [1.165, 1.54) is 32.0 Å². The molecule has 3 heteroatoms. The van der Waals surface area contributed by atoms with Gasteiger partial charge in [0.15, 0.2) is 0 Å². The Balaban J connectivity index is 1.71. The summed E-state index contributed by atoms with van der Waals surface area (Å²) in [5, 5.41) is 0. The van der Waals surface area contributed by atoms with Gasteiger partial charge in [-0.25, -0.2) is 4.39 Å². The van der Waals surface area contributed by atoms with Crippen LogP contribution in [0.3, 0.4) is 0 Å². The van der Waals surface area contributed by atoms with Gasteiger partial charge in [-0.15, -0.1) is 11.8 Å². The standard InChI is InChI=1S/C14H20FNS/c1-12-6-8-16(9-7-12)10-11-17-14-5-3-2-4-13(14)15/h2-5,12H,6-11H2,1H3. The summed E-state index contributed by atoms with van der Waals surface area (Å²) in [4.78, 5) is 3.27. The molecule has 0 aliphatic carbocycles. The molecule has 0 unspecified atom stereocenters. The highest BCUT2D eigenvalue weighted by atomic mass is 32.2. The molecule has 0 amide bonds. The van der Waals surface area contributed by atoms with Crippen LogP contribution >= 0.6 is 11.8 Å². The van der Waals surface area contributed by atoms with Gasteiger partial charge in [0.2, 0.25) is 0 Å². The van der Waals surface area contributed by atoms with Crippen LogP contribution in [0.15, 0.2) is 29.2 Å². The number of thioether (sulfide) groups is 1. The maximum Gasteiger partial charge on any atom is 0.136 e. The summed E-state index contributed by atoms with van der Waals surface area (Å²) in [5.41, 5.74) is 0. The van der Waals surface area contributed by atoms with Crippen molar-refractivity contribution >= 4 is 11.8 Å². The molecular weight excluding hydrogens is 233 g/mol. The fourth-order valence-electron chi connectivity index (χ4n) is 2.13. The van der Waals surface area contributed by atoms with E-state index in [0.717, 1.165) is 23.1 Å². The maximum atomic E-state index is 13.4. The lowest BCUT2D eigenvalue weighted by atomic mass is 9.99. The van der Waals surface area contributed by atoms with Crippen molar-refractivity contribution in [2.75, 3.05) is 25.4 Å². The topological polar surface area (TPSA) is 3.24 Å². The van der Waals surface area contributed by atoms with E-state index in [1.807, 2.05) is 12.1 Å². The van der Waals surface area contributed by atoms with Crippen LogP contribution in [0.4, 0.5) is 4.39 Å². The number of rotatable bonds is 4. The van der Waals surface area contributed by atoms with Gasteiger partial charge in [-0.05, 0) is 44.0 Å². The number of likely N-dealkylation sites (tertiary alicyclic amines) is 1. The summed E-state index contributed by atoms with van der Waals surface area (Å²) >= 11 is 1.62. The van der Waals surface area contributed by atoms with Gasteiger partial charge in [-0.3, -0.25) is 0 Å². The third kappa shape index (κ3) is 4.00. The van der Waals surface area contributed by atoms with Crippen LogP contribution in [0, 0.1) is 11.7 Å². The van der Waals surface area contributed by atoms with E-state index in [9.17, 15) is 4.39 Å². The lowest BCUT2D eigenvalue weighted by Crippen LogP contribution is -2.34. The maximum absolute atomic E-state index is 13.4. The Labute approximate surface area is 107 Å². The zero-order valence-corrected chi connectivity index (χ0v) is 11.2. The minimum atomic E-state index is -0.0928. The second kappa shape index (κ2) is 6.41. The van der Waals surface area contributed by atoms with E-state index in [1.54, 1.807) is 17.8 Å². The minimum Gasteiger partial charge on any atom is -0.302 e. The second-order valence-electron chi connectivity index (χ2n) is 4.80. The molecule has 1 aromatic carbocycles. The quantitative estimate of drug-likeness (QED) is 0.754. The number of halogens is 1. The van der Waals surface area contributed by atoms with Crippen LogP contribution < -0.4 is 0 Å². The van der Waals surface area contributed by atoms with Gasteiger partial charge in [0, 0.05) is 17.2 Å². The Kier molecular flexibility index (Phi) is 4.86. The highest BCUT2D eigenvalue weighted by Crippen LogP contribution is 2.22. The van der Waals surface area contributed by atoms with Crippen LogP contribution in [0.5, 0.6) is 0 Å². The van der Waals surface area contributed by atoms with Crippen molar-refractivity contribution in [3.63, 3.8) is 0 Å². The molecule has 1 saturated heterocycles. The Morgan fingerprint density at radius 3 is 2.71 bits per heavy atom. The van der Waals surface area contributed by atoms with E-state index >= 15 is 0 Å². The lowest BCUT2D eigenvalue weighted by Gasteiger charge is -2.29. The summed E-state index contributed by atoms with van der Waals surface area (Å²) < 4.78 is 13.4. The zero-order chi connectivity index (χ0) is 12.1. The molecule has 17 heavy (non-hydrogen) atoms. The molecule has 0 aromatic heterocycles. The molecule has 1 aromatic rings. The second-order valence-corrected chi connectivity index (χ2v) is 5.94. The van der Waals surface area contributed by atoms with Crippen LogP contribution in [-0.4, -0.2) is 30.3 Å². The summed E-state index contributed by atoms with van der Waals surface area (Å²) in [5.74, 6) is 1.77. The van der Waals surface area contributed by atoms with Crippen molar-refractivity contribution in [3.8, 4) is 0 Å². The first kappa shape index (κ1) is 12.9. The Bertz CT molecular complexity index is 348. The van der Waals surface area contributed by atoms with Crippen molar-refractivity contribution < 1.29 is 4.39 Å². The van der Waals surface area contributed by atoms with E-state index in [-0.39, 0.29) is 5.82 Å². The van der Waals surface area contributed by atoms with Crippen molar-refractivity contribution in [2.24, 2.45) is 5.92 Å². The fraction of sp³-hybridized carbons (Fsp3) is 0.571. The highest BCUT2D eigenvalue weighted by Gasteiger charge is 2.15. The van der Waals surface area contributed by atoms with Crippen LogP contribution in [0.25, 0.3) is 0 Å². The molecule has 0 bridgehead atoms. The van der Waals surface area contributed by atoms with Crippen LogP contribution in [0.2, 0.25) is 0 Å². The first-order chi connectivity index (χ1) is 8.25. The predicted octanol–water partition coefficient (Wildman–Crippen LogP) is 3.65. The van der Waals surface area contributed by atoms with E-state index < -0.39 is 0 Å². The van der Waals surface area contributed by atoms with Crippen molar-refractivity contribution in [2.45, 2.75) is 24.7 Å². The molecule has 0 radical (unpaired) electrons. The van der Waals surface area contributed by atoms with Gasteiger partial charge in [-0.2, -0.15) is 0 Å². The molecule has 0 saturated carbocycles. The first-order valence-electron chi connectivity index (χ1n) is 6.35. The van der Waals surface area contributed by atoms with Gasteiger partial charge in [0.25, 0.3) is 0 Å². The minimum absolute atomic E-state index is 0.0928. The van der Waals surface area contributed by atoms with Gasteiger partial charge in [0.05, 0.1) is 0 Å². The number of benzene rings is 1. The lowest BCUT2D eigenvalue weighted by molar-refractivity contribution is 0.203. The normalized spacial score (nSPS) is 18.5. The average molecular weight is 253 g/mol. The SMILES string of the molecule is CC1CCN(CCSc2ccccc2F)CC1. The predicted molar refractivity (Wildman–Crippen MR) is 72.0 cm³/mol. The van der Waals surface area contributed by atoms with Crippen molar-refractivity contribution in [3.05, 3.63) is 30.1 Å². The van der Waals surface area contributed by atoms with Gasteiger partial charge in [-0.1, -0.05) is 19.1 Å². The van der Waals surface area contributed by atoms with Crippen LogP contribution in [0.1, 0.15) is 19.8 Å². The first-order valence-corrected chi connectivity index (χ1v) is 7.34. The molecule has 2 rings (SSSR count). The molecule has 1 aliphatic rings. The Morgan fingerprint density at radius 2 is 2.00 bits per heavy atom. The summed E-state index contributed by atoms with van der Waals surface area (Å²) in [7, 11) is 0. The third-order valence-electron chi connectivity index (χ3n) is 3.38. The van der Waals surface area contributed by atoms with Gasteiger partial charge in [0.1, 0.15) is 5.82 Å². The largest absolute Gasteiger partial charge is 0.302 e. The van der Waals surface area contributed by atoms with Gasteiger partial charge < -0.3 is 4.90 Å². The number of nitrogens with zero attached hydrogens (tertiary/aromatic N) is 1. The molecule has 1 aliphatic heterocycles. The molecule has 1 fully saturated rings. The summed E-state index contributed by atoms with van der Waals surface area (Å²) in [6.45, 7) is 5.81. The molecule has 0 N–H and O–H groups in total. The summed E-state index contributed by atoms with van der Waals surface area (Å²) in [6.07, 6.45) is 2.62. The van der Waals surface area contributed by atoms with Crippen molar-refractivity contribution in [1.29, 1.82) is 0 Å². The summed E-state index contributed by atoms with van der Waals surface area (Å²) in [6, 6.07) is 7.03. The molecule has 1 nitrogen and oxygen atoms in total. The molecule has 0 spiro atoms. The molecule has 1 heterocycles. The zero-order valence-electron chi connectivity index (χ0n) is 10.4. The monoisotopic (exact) mass is 253 g/mol. The number of hydrogen-bond acceptors (Lipinski definition) is 2. The highest BCUT2D eigenvalue weighted by molar-refractivity contribution is 7.99. The van der Waals surface area contributed by atoms with Gasteiger partial charge >= 0.3 is 0 Å². The van der Waals surface area contributed by atoms with E-state index in [4.69, 9.17) is 0 Å². The third-order valence-corrected chi connectivity index (χ3v) is 4.41. The Hall–Kier alpha value is -0.540. The molecule has 94 valence electrons. The molecule has 0 atom stereocenters. The molecular formula is C14H20FNS. The number of piperidine rings is 1. The van der Waals surface area contributed by atoms with Crippen molar-refractivity contribution in [1.82, 2.24) is 4.90 Å². The number of hydrogen-bond donors (Lipinski definition) is 0. The Morgan fingerprint density at radius 1 is 1.29 bits per heavy atom. The van der Waals surface area contributed by atoms with E-state index in [0.29, 0.717) is 0 Å². The average Bonchev–Trinajstić information content (AvgIpc) is 2.34. The van der Waals surface area contributed by atoms with Crippen LogP contribution in [-0.2, 0) is 0 Å². The fourth-order valence-corrected chi connectivity index (χ4v) is 3.08.